The van der Waals surface area contributed by atoms with E-state index in [4.69, 9.17) is 4.74 Å². The first-order valence-electron chi connectivity index (χ1n) is 9.73. The Kier molecular flexibility index (Phi) is 5.73. The van der Waals surface area contributed by atoms with Crippen LogP contribution in [0.1, 0.15) is 45.2 Å². The van der Waals surface area contributed by atoms with E-state index in [-0.39, 0.29) is 23.8 Å². The van der Waals surface area contributed by atoms with Crippen LogP contribution in [0.2, 0.25) is 0 Å². The lowest BCUT2D eigenvalue weighted by Crippen LogP contribution is -2.44. The number of cyclic esters (lactones) is 1. The minimum atomic E-state index is -0.510. The Balaban J connectivity index is 1.68. The number of carbonyl (C=O) groups is 1. The molecule has 2 heterocycles. The molecule has 7 nitrogen and oxygen atoms in total. The molecule has 1 amide bonds. The molecule has 3 rings (SSSR count). The maximum absolute atomic E-state index is 12.5. The second-order valence-electron chi connectivity index (χ2n) is 8.17. The second kappa shape index (κ2) is 8.08. The fraction of sp³-hybridized carbons (Fsp3) is 0.455. The first-order chi connectivity index (χ1) is 13.7. The number of nitrogens with zero attached hydrogens (tertiary/aromatic N) is 4. The van der Waals surface area contributed by atoms with Crippen molar-refractivity contribution in [1.82, 2.24) is 14.7 Å². The molecule has 0 aliphatic carbocycles. The van der Waals surface area contributed by atoms with Gasteiger partial charge in [-0.15, -0.1) is 0 Å². The van der Waals surface area contributed by atoms with Crippen LogP contribution in [0.15, 0.2) is 41.2 Å². The first-order valence-corrected chi connectivity index (χ1v) is 9.73. The molecule has 0 radical (unpaired) electrons. The van der Waals surface area contributed by atoms with Crippen molar-refractivity contribution in [1.29, 1.82) is 5.26 Å². The summed E-state index contributed by atoms with van der Waals surface area (Å²) in [6.07, 6.45) is 0.685. The SMILES string of the molecule is CC(c1ccc(-c2ccc(=O)n(C)n2)cc1)N1CCC(CC(C)(C)C#N)OC1=O. The van der Waals surface area contributed by atoms with Crippen molar-refractivity contribution in [2.45, 2.75) is 45.8 Å². The summed E-state index contributed by atoms with van der Waals surface area (Å²) in [5.74, 6) is 0. The third-order valence-corrected chi connectivity index (χ3v) is 5.35. The molecule has 7 heteroatoms. The molecule has 0 N–H and O–H groups in total. The molecule has 2 unspecified atom stereocenters. The maximum atomic E-state index is 12.5. The molecular formula is C22H26N4O3. The lowest BCUT2D eigenvalue weighted by atomic mass is 9.87. The molecule has 152 valence electrons. The van der Waals surface area contributed by atoms with Crippen LogP contribution in [0.3, 0.4) is 0 Å². The second-order valence-corrected chi connectivity index (χ2v) is 8.17. The van der Waals surface area contributed by atoms with Crippen LogP contribution in [0.4, 0.5) is 4.79 Å². The number of carbonyl (C=O) groups excluding carboxylic acids is 1. The summed E-state index contributed by atoms with van der Waals surface area (Å²) in [6, 6.07) is 13.1. The van der Waals surface area contributed by atoms with Crippen LogP contribution >= 0.6 is 0 Å². The lowest BCUT2D eigenvalue weighted by molar-refractivity contribution is 0.000798. The van der Waals surface area contributed by atoms with Crippen molar-refractivity contribution in [3.8, 4) is 17.3 Å². The van der Waals surface area contributed by atoms with Crippen molar-refractivity contribution in [3.05, 3.63) is 52.3 Å². The van der Waals surface area contributed by atoms with Gasteiger partial charge < -0.3 is 9.64 Å². The van der Waals surface area contributed by atoms with Crippen molar-refractivity contribution in [3.63, 3.8) is 0 Å². The Morgan fingerprint density at radius 3 is 2.52 bits per heavy atom. The Morgan fingerprint density at radius 2 is 1.93 bits per heavy atom. The van der Waals surface area contributed by atoms with E-state index in [1.165, 1.54) is 10.7 Å². The number of aromatic nitrogens is 2. The monoisotopic (exact) mass is 394 g/mol. The first kappa shape index (κ1) is 20.6. The third-order valence-electron chi connectivity index (χ3n) is 5.35. The molecule has 1 aromatic heterocycles. The highest BCUT2D eigenvalue weighted by molar-refractivity contribution is 5.69. The average Bonchev–Trinajstić information content (AvgIpc) is 2.69. The summed E-state index contributed by atoms with van der Waals surface area (Å²) < 4.78 is 6.90. The van der Waals surface area contributed by atoms with Gasteiger partial charge in [0.1, 0.15) is 6.10 Å². The van der Waals surface area contributed by atoms with Crippen LogP contribution in [0.5, 0.6) is 0 Å². The van der Waals surface area contributed by atoms with Crippen LogP contribution in [-0.4, -0.2) is 33.4 Å². The van der Waals surface area contributed by atoms with Gasteiger partial charge in [-0.25, -0.2) is 9.48 Å². The molecule has 0 bridgehead atoms. The predicted octanol–water partition coefficient (Wildman–Crippen LogP) is 3.66. The van der Waals surface area contributed by atoms with E-state index in [1.54, 1.807) is 18.0 Å². The highest BCUT2D eigenvalue weighted by Gasteiger charge is 2.34. The molecule has 1 fully saturated rings. The van der Waals surface area contributed by atoms with Crippen molar-refractivity contribution < 1.29 is 9.53 Å². The normalized spacial score (nSPS) is 18.1. The van der Waals surface area contributed by atoms with Crippen LogP contribution < -0.4 is 5.56 Å². The zero-order valence-electron chi connectivity index (χ0n) is 17.3. The molecule has 2 aromatic rings. The zero-order valence-corrected chi connectivity index (χ0v) is 17.3. The number of aryl methyl sites for hydroxylation is 1. The topological polar surface area (TPSA) is 88.2 Å². The summed E-state index contributed by atoms with van der Waals surface area (Å²) in [5.41, 5.74) is 1.94. The number of hydrogen-bond acceptors (Lipinski definition) is 5. The molecule has 29 heavy (non-hydrogen) atoms. The largest absolute Gasteiger partial charge is 0.446 e. The summed E-state index contributed by atoms with van der Waals surface area (Å²) in [7, 11) is 1.62. The van der Waals surface area contributed by atoms with E-state index in [0.29, 0.717) is 25.1 Å². The molecule has 1 saturated heterocycles. The Morgan fingerprint density at radius 1 is 1.24 bits per heavy atom. The minimum Gasteiger partial charge on any atom is -0.446 e. The third kappa shape index (κ3) is 4.65. The van der Waals surface area contributed by atoms with Gasteiger partial charge in [0.25, 0.3) is 5.56 Å². The van der Waals surface area contributed by atoms with Crippen LogP contribution in [0.25, 0.3) is 11.3 Å². The maximum Gasteiger partial charge on any atom is 0.410 e. The van der Waals surface area contributed by atoms with Crippen LogP contribution in [0, 0.1) is 16.7 Å². The molecule has 1 aromatic carbocycles. The highest BCUT2D eigenvalue weighted by Crippen LogP contribution is 2.31. The van der Waals surface area contributed by atoms with Gasteiger partial charge in [-0.1, -0.05) is 24.3 Å². The predicted molar refractivity (Wildman–Crippen MR) is 109 cm³/mol. The minimum absolute atomic E-state index is 0.130. The van der Waals surface area contributed by atoms with E-state index < -0.39 is 5.41 Å². The van der Waals surface area contributed by atoms with Crippen molar-refractivity contribution in [2.75, 3.05) is 6.54 Å². The number of rotatable bonds is 5. The zero-order chi connectivity index (χ0) is 21.2. The van der Waals surface area contributed by atoms with Gasteiger partial charge in [-0.2, -0.15) is 10.4 Å². The number of benzene rings is 1. The number of nitriles is 1. The van der Waals surface area contributed by atoms with Gasteiger partial charge in [-0.05, 0) is 32.4 Å². The Labute approximate surface area is 170 Å². The average molecular weight is 394 g/mol. The van der Waals surface area contributed by atoms with Gasteiger partial charge >= 0.3 is 6.09 Å². The van der Waals surface area contributed by atoms with E-state index in [9.17, 15) is 14.9 Å². The summed E-state index contributed by atoms with van der Waals surface area (Å²) in [5, 5.41) is 13.5. The number of hydrogen-bond donors (Lipinski definition) is 0. The van der Waals surface area contributed by atoms with Crippen LogP contribution in [-0.2, 0) is 11.8 Å². The van der Waals surface area contributed by atoms with E-state index in [0.717, 1.165) is 11.1 Å². The quantitative estimate of drug-likeness (QED) is 0.772. The lowest BCUT2D eigenvalue weighted by Gasteiger charge is -2.37. The number of amides is 1. The smallest absolute Gasteiger partial charge is 0.410 e. The highest BCUT2D eigenvalue weighted by atomic mass is 16.6. The molecular weight excluding hydrogens is 368 g/mol. The number of ether oxygens (including phenoxy) is 1. The summed E-state index contributed by atoms with van der Waals surface area (Å²) >= 11 is 0. The molecule has 2 atom stereocenters. The van der Waals surface area contributed by atoms with Gasteiger partial charge in [0, 0.05) is 38.1 Å². The Bertz CT molecular complexity index is 988. The van der Waals surface area contributed by atoms with E-state index >= 15 is 0 Å². The Hall–Kier alpha value is -3.14. The summed E-state index contributed by atoms with van der Waals surface area (Å²) in [4.78, 5) is 25.8. The summed E-state index contributed by atoms with van der Waals surface area (Å²) in [6.45, 7) is 6.28. The molecule has 0 saturated carbocycles. The van der Waals surface area contributed by atoms with Gasteiger partial charge in [0.05, 0.1) is 23.2 Å². The fourth-order valence-electron chi connectivity index (χ4n) is 3.52. The van der Waals surface area contributed by atoms with Gasteiger partial charge in [0.2, 0.25) is 0 Å². The van der Waals surface area contributed by atoms with Crippen molar-refractivity contribution >= 4 is 6.09 Å². The van der Waals surface area contributed by atoms with E-state index in [2.05, 4.69) is 11.2 Å². The van der Waals surface area contributed by atoms with Gasteiger partial charge in [0.15, 0.2) is 0 Å². The molecule has 1 aliphatic rings. The standard InChI is InChI=1S/C22H26N4O3/c1-15(26-12-11-18(29-21(26)28)13-22(2,3)14-23)16-5-7-17(8-6-16)19-9-10-20(27)25(4)24-19/h5-10,15,18H,11-13H2,1-4H3. The van der Waals surface area contributed by atoms with E-state index in [1.807, 2.05) is 45.0 Å². The molecule has 0 spiro atoms. The fourth-order valence-corrected chi connectivity index (χ4v) is 3.52. The van der Waals surface area contributed by atoms with Gasteiger partial charge in [-0.3, -0.25) is 4.79 Å². The van der Waals surface area contributed by atoms with Crippen molar-refractivity contribution in [2.24, 2.45) is 12.5 Å². The molecule has 1 aliphatic heterocycles.